The van der Waals surface area contributed by atoms with Crippen LogP contribution in [-0.2, 0) is 4.79 Å². The van der Waals surface area contributed by atoms with Gasteiger partial charge in [-0.3, -0.25) is 14.9 Å². The average molecular weight is 329 g/mol. The van der Waals surface area contributed by atoms with Crippen LogP contribution in [0.3, 0.4) is 0 Å². The summed E-state index contributed by atoms with van der Waals surface area (Å²) in [5.41, 5.74) is 0.483. The number of hydrogen-bond donors (Lipinski definition) is 0. The summed E-state index contributed by atoms with van der Waals surface area (Å²) in [5.74, 6) is -0.0620. The lowest BCUT2D eigenvalue weighted by atomic mass is 10.0. The molecule has 0 N–H and O–H groups in total. The maximum absolute atomic E-state index is 12.3. The number of benzene rings is 1. The third kappa shape index (κ3) is 3.82. The van der Waals surface area contributed by atoms with Crippen LogP contribution in [0, 0.1) is 10.1 Å². The normalized spacial score (nSPS) is 19.9. The Labute approximate surface area is 141 Å². The van der Waals surface area contributed by atoms with E-state index in [9.17, 15) is 14.9 Å². The highest BCUT2D eigenvalue weighted by atomic mass is 16.6. The van der Waals surface area contributed by atoms with Gasteiger partial charge in [-0.25, -0.2) is 0 Å². The van der Waals surface area contributed by atoms with Crippen molar-refractivity contribution in [2.24, 2.45) is 0 Å². The third-order valence-corrected chi connectivity index (χ3v) is 4.97. The van der Waals surface area contributed by atoms with Crippen LogP contribution >= 0.6 is 0 Å². The van der Waals surface area contributed by atoms with Crippen molar-refractivity contribution in [3.05, 3.63) is 46.0 Å². The molecule has 6 nitrogen and oxygen atoms in total. The molecule has 0 bridgehead atoms. The van der Waals surface area contributed by atoms with Crippen LogP contribution in [-0.4, -0.2) is 52.9 Å². The highest BCUT2D eigenvalue weighted by Crippen LogP contribution is 2.22. The van der Waals surface area contributed by atoms with Gasteiger partial charge in [0.1, 0.15) is 0 Å². The van der Waals surface area contributed by atoms with Crippen molar-refractivity contribution in [3.63, 3.8) is 0 Å². The quantitative estimate of drug-likeness (QED) is 0.484. The summed E-state index contributed by atoms with van der Waals surface area (Å²) in [6.07, 6.45) is 7.62. The molecule has 2 heterocycles. The van der Waals surface area contributed by atoms with E-state index in [0.717, 1.165) is 25.9 Å². The van der Waals surface area contributed by atoms with Crippen LogP contribution in [0.1, 0.15) is 31.2 Å². The van der Waals surface area contributed by atoms with E-state index in [4.69, 9.17) is 0 Å². The van der Waals surface area contributed by atoms with Crippen molar-refractivity contribution < 1.29 is 9.72 Å². The Morgan fingerprint density at radius 2 is 1.79 bits per heavy atom. The van der Waals surface area contributed by atoms with Gasteiger partial charge in [-0.1, -0.05) is 12.1 Å². The van der Waals surface area contributed by atoms with E-state index in [0.29, 0.717) is 11.6 Å². The number of nitro benzene ring substituents is 1. The molecule has 0 unspecified atom stereocenters. The number of likely N-dealkylation sites (tertiary alicyclic amines) is 2. The Bertz CT molecular complexity index is 630. The van der Waals surface area contributed by atoms with Crippen molar-refractivity contribution in [1.29, 1.82) is 0 Å². The SMILES string of the molecule is O=C(/C=C/c1ccccc1[N+](=O)[O-])N1CCC(N2CCCC2)CC1. The topological polar surface area (TPSA) is 66.7 Å². The molecule has 1 aromatic carbocycles. The van der Waals surface area contributed by atoms with E-state index < -0.39 is 4.92 Å². The standard InChI is InChI=1S/C18H23N3O3/c22-18(8-7-15-5-1-2-6-17(15)21(23)24)20-13-9-16(10-14-20)19-11-3-4-12-19/h1-2,5-8,16H,3-4,9-14H2/b8-7+. The fraction of sp³-hybridized carbons (Fsp3) is 0.500. The lowest BCUT2D eigenvalue weighted by Crippen LogP contribution is -2.45. The molecular weight excluding hydrogens is 306 g/mol. The van der Waals surface area contributed by atoms with Crippen LogP contribution in [0.2, 0.25) is 0 Å². The maximum Gasteiger partial charge on any atom is 0.276 e. The van der Waals surface area contributed by atoms with Gasteiger partial charge in [-0.15, -0.1) is 0 Å². The first-order valence-electron chi connectivity index (χ1n) is 8.59. The second-order valence-electron chi connectivity index (χ2n) is 6.45. The van der Waals surface area contributed by atoms with Crippen molar-refractivity contribution in [3.8, 4) is 0 Å². The van der Waals surface area contributed by atoms with Crippen LogP contribution in [0.25, 0.3) is 6.08 Å². The Morgan fingerprint density at radius 3 is 2.46 bits per heavy atom. The zero-order chi connectivity index (χ0) is 16.9. The number of hydrogen-bond acceptors (Lipinski definition) is 4. The van der Waals surface area contributed by atoms with Crippen molar-refractivity contribution >= 4 is 17.7 Å². The first kappa shape index (κ1) is 16.6. The smallest absolute Gasteiger partial charge is 0.276 e. The summed E-state index contributed by atoms with van der Waals surface area (Å²) >= 11 is 0. The minimum absolute atomic E-state index is 0.0225. The van der Waals surface area contributed by atoms with Gasteiger partial charge in [-0.2, -0.15) is 0 Å². The number of carbonyl (C=O) groups excluding carboxylic acids is 1. The molecule has 2 saturated heterocycles. The molecule has 2 aliphatic rings. The minimum atomic E-state index is -0.425. The zero-order valence-corrected chi connectivity index (χ0v) is 13.8. The lowest BCUT2D eigenvalue weighted by Gasteiger charge is -2.36. The molecule has 2 aliphatic heterocycles. The first-order chi connectivity index (χ1) is 11.6. The fourth-order valence-corrected chi connectivity index (χ4v) is 3.62. The van der Waals surface area contributed by atoms with E-state index in [1.54, 1.807) is 24.3 Å². The second kappa shape index (κ2) is 7.57. The zero-order valence-electron chi connectivity index (χ0n) is 13.8. The summed E-state index contributed by atoms with van der Waals surface area (Å²) in [7, 11) is 0. The predicted molar refractivity (Wildman–Crippen MR) is 92.5 cm³/mol. The first-order valence-corrected chi connectivity index (χ1v) is 8.59. The van der Waals surface area contributed by atoms with Gasteiger partial charge >= 0.3 is 0 Å². The maximum atomic E-state index is 12.3. The molecule has 1 aromatic rings. The summed E-state index contributed by atoms with van der Waals surface area (Å²) in [4.78, 5) is 27.3. The van der Waals surface area contributed by atoms with E-state index in [2.05, 4.69) is 4.90 Å². The molecule has 0 saturated carbocycles. The Balaban J connectivity index is 1.57. The van der Waals surface area contributed by atoms with Gasteiger partial charge < -0.3 is 9.80 Å². The molecule has 0 atom stereocenters. The summed E-state index contributed by atoms with van der Waals surface area (Å²) in [5, 5.41) is 11.0. The molecule has 0 aliphatic carbocycles. The molecule has 3 rings (SSSR count). The number of carbonyl (C=O) groups is 1. The Hall–Kier alpha value is -2.21. The number of amides is 1. The summed E-state index contributed by atoms with van der Waals surface area (Å²) in [6, 6.07) is 7.07. The third-order valence-electron chi connectivity index (χ3n) is 4.97. The lowest BCUT2D eigenvalue weighted by molar-refractivity contribution is -0.385. The molecule has 6 heteroatoms. The number of nitro groups is 1. The van der Waals surface area contributed by atoms with Crippen LogP contribution in [0.5, 0.6) is 0 Å². The van der Waals surface area contributed by atoms with Crippen molar-refractivity contribution in [2.45, 2.75) is 31.7 Å². The van der Waals surface area contributed by atoms with Gasteiger partial charge in [0.15, 0.2) is 0 Å². The van der Waals surface area contributed by atoms with Crippen LogP contribution < -0.4 is 0 Å². The number of para-hydroxylation sites is 1. The molecule has 24 heavy (non-hydrogen) atoms. The highest BCUT2D eigenvalue weighted by Gasteiger charge is 2.27. The van der Waals surface area contributed by atoms with Crippen LogP contribution in [0.4, 0.5) is 5.69 Å². The number of nitrogens with zero attached hydrogens (tertiary/aromatic N) is 3. The number of rotatable bonds is 4. The minimum Gasteiger partial charge on any atom is -0.339 e. The molecule has 128 valence electrons. The van der Waals surface area contributed by atoms with Gasteiger partial charge in [0.05, 0.1) is 10.5 Å². The largest absolute Gasteiger partial charge is 0.339 e. The van der Waals surface area contributed by atoms with Gasteiger partial charge in [-0.05, 0) is 50.9 Å². The Kier molecular flexibility index (Phi) is 5.25. The molecular formula is C18H23N3O3. The highest BCUT2D eigenvalue weighted by molar-refractivity contribution is 5.92. The molecule has 0 spiro atoms. The van der Waals surface area contributed by atoms with Crippen molar-refractivity contribution in [1.82, 2.24) is 9.80 Å². The molecule has 2 fully saturated rings. The van der Waals surface area contributed by atoms with Gasteiger partial charge in [0.2, 0.25) is 5.91 Å². The second-order valence-corrected chi connectivity index (χ2v) is 6.45. The predicted octanol–water partition coefficient (Wildman–Crippen LogP) is 2.69. The average Bonchev–Trinajstić information content (AvgIpc) is 3.14. The Morgan fingerprint density at radius 1 is 1.12 bits per heavy atom. The molecule has 0 radical (unpaired) electrons. The van der Waals surface area contributed by atoms with E-state index >= 15 is 0 Å². The van der Waals surface area contributed by atoms with Gasteiger partial charge in [0.25, 0.3) is 5.69 Å². The molecule has 1 amide bonds. The summed E-state index contributed by atoms with van der Waals surface area (Å²) in [6.45, 7) is 3.91. The molecule has 0 aromatic heterocycles. The monoisotopic (exact) mass is 329 g/mol. The van der Waals surface area contributed by atoms with E-state index in [-0.39, 0.29) is 11.6 Å². The van der Waals surface area contributed by atoms with Crippen LogP contribution in [0.15, 0.2) is 30.3 Å². The summed E-state index contributed by atoms with van der Waals surface area (Å²) < 4.78 is 0. The van der Waals surface area contributed by atoms with E-state index in [1.165, 1.54) is 38.1 Å². The van der Waals surface area contributed by atoms with Crippen molar-refractivity contribution in [2.75, 3.05) is 26.2 Å². The van der Waals surface area contributed by atoms with Gasteiger partial charge in [0, 0.05) is 31.3 Å². The number of piperidine rings is 1. The van der Waals surface area contributed by atoms with E-state index in [1.807, 2.05) is 4.90 Å². The fourth-order valence-electron chi connectivity index (χ4n) is 3.62.